The third-order valence-corrected chi connectivity index (χ3v) is 3.29. The first-order valence-electron chi connectivity index (χ1n) is 4.93. The Morgan fingerprint density at radius 3 is 2.80 bits per heavy atom. The van der Waals surface area contributed by atoms with E-state index in [4.69, 9.17) is 5.73 Å². The molecule has 80 valence electrons. The molecule has 4 heteroatoms. The van der Waals surface area contributed by atoms with Crippen LogP contribution in [0.1, 0.15) is 13.3 Å². The number of hydrogen-bond acceptors (Lipinski definition) is 2. The predicted octanol–water partition coefficient (Wildman–Crippen LogP) is 1.90. The van der Waals surface area contributed by atoms with E-state index in [1.54, 1.807) is 4.90 Å². The summed E-state index contributed by atoms with van der Waals surface area (Å²) in [6, 6.07) is 7.74. The minimum Gasteiger partial charge on any atom is -0.325 e. The molecule has 1 heterocycles. The molecule has 1 saturated heterocycles. The quantitative estimate of drug-likeness (QED) is 0.846. The Labute approximate surface area is 97.4 Å². The normalized spacial score (nSPS) is 26.1. The fourth-order valence-corrected chi connectivity index (χ4v) is 2.28. The number of nitrogens with zero attached hydrogens (tertiary/aromatic N) is 1. The van der Waals surface area contributed by atoms with Crippen molar-refractivity contribution in [2.45, 2.75) is 25.4 Å². The highest BCUT2D eigenvalue weighted by atomic mass is 79.9. The van der Waals surface area contributed by atoms with Gasteiger partial charge in [-0.05, 0) is 25.1 Å². The zero-order valence-electron chi connectivity index (χ0n) is 8.48. The molecule has 0 radical (unpaired) electrons. The van der Waals surface area contributed by atoms with Gasteiger partial charge in [0.1, 0.15) is 0 Å². The first kappa shape index (κ1) is 10.6. The van der Waals surface area contributed by atoms with E-state index in [2.05, 4.69) is 15.9 Å². The van der Waals surface area contributed by atoms with Crippen LogP contribution in [-0.4, -0.2) is 18.0 Å². The van der Waals surface area contributed by atoms with Gasteiger partial charge in [0.2, 0.25) is 5.91 Å². The predicted molar refractivity (Wildman–Crippen MR) is 63.7 cm³/mol. The Kier molecular flexibility index (Phi) is 2.80. The Balaban J connectivity index is 2.34. The van der Waals surface area contributed by atoms with E-state index in [1.807, 2.05) is 31.2 Å². The summed E-state index contributed by atoms with van der Waals surface area (Å²) in [6.07, 6.45) is 0.438. The summed E-state index contributed by atoms with van der Waals surface area (Å²) < 4.78 is 0.973. The van der Waals surface area contributed by atoms with Gasteiger partial charge in [0, 0.05) is 28.7 Å². The van der Waals surface area contributed by atoms with Crippen molar-refractivity contribution in [2.75, 3.05) is 4.90 Å². The van der Waals surface area contributed by atoms with Gasteiger partial charge in [0.05, 0.1) is 0 Å². The number of carbonyl (C=O) groups excluding carboxylic acids is 1. The molecule has 15 heavy (non-hydrogen) atoms. The lowest BCUT2D eigenvalue weighted by Crippen LogP contribution is -2.37. The molecule has 2 unspecified atom stereocenters. The molecule has 2 N–H and O–H groups in total. The molecule has 0 aliphatic carbocycles. The minimum absolute atomic E-state index is 0.0588. The molecule has 2 rings (SSSR count). The van der Waals surface area contributed by atoms with Gasteiger partial charge in [-0.3, -0.25) is 4.79 Å². The van der Waals surface area contributed by atoms with Gasteiger partial charge in [-0.15, -0.1) is 0 Å². The largest absolute Gasteiger partial charge is 0.325 e. The first-order chi connectivity index (χ1) is 7.09. The summed E-state index contributed by atoms with van der Waals surface area (Å²) in [4.78, 5) is 13.5. The summed E-state index contributed by atoms with van der Waals surface area (Å²) in [7, 11) is 0. The number of amides is 1. The van der Waals surface area contributed by atoms with E-state index in [0.29, 0.717) is 6.42 Å². The van der Waals surface area contributed by atoms with Gasteiger partial charge in [0.25, 0.3) is 0 Å². The average molecular weight is 269 g/mol. The molecular weight excluding hydrogens is 256 g/mol. The minimum atomic E-state index is -0.0588. The first-order valence-corrected chi connectivity index (χ1v) is 5.72. The molecule has 1 amide bonds. The molecule has 0 bridgehead atoms. The zero-order chi connectivity index (χ0) is 11.0. The van der Waals surface area contributed by atoms with Crippen molar-refractivity contribution in [3.63, 3.8) is 0 Å². The lowest BCUT2D eigenvalue weighted by Gasteiger charge is -2.23. The molecule has 3 nitrogen and oxygen atoms in total. The van der Waals surface area contributed by atoms with Gasteiger partial charge in [-0.2, -0.15) is 0 Å². The highest BCUT2D eigenvalue weighted by Crippen LogP contribution is 2.27. The van der Waals surface area contributed by atoms with Crippen LogP contribution in [0.5, 0.6) is 0 Å². The van der Waals surface area contributed by atoms with Crippen LogP contribution in [0.25, 0.3) is 0 Å². The second-order valence-electron chi connectivity index (χ2n) is 3.85. The van der Waals surface area contributed by atoms with Crippen molar-refractivity contribution < 1.29 is 4.79 Å². The molecule has 1 aliphatic heterocycles. The third kappa shape index (κ3) is 1.92. The van der Waals surface area contributed by atoms with Gasteiger partial charge < -0.3 is 10.6 Å². The number of anilines is 1. The standard InChI is InChI=1S/C11H13BrN2O/c1-7-10(13)6-11(15)14(7)9-4-2-3-8(12)5-9/h2-5,7,10H,6,13H2,1H3. The maximum atomic E-state index is 11.7. The van der Waals surface area contributed by atoms with Crippen LogP contribution in [0.15, 0.2) is 28.7 Å². The lowest BCUT2D eigenvalue weighted by molar-refractivity contribution is -0.117. The number of benzene rings is 1. The summed E-state index contributed by atoms with van der Waals surface area (Å²) >= 11 is 3.39. The molecular formula is C11H13BrN2O. The maximum Gasteiger partial charge on any atom is 0.228 e. The number of carbonyl (C=O) groups is 1. The molecule has 0 spiro atoms. The number of rotatable bonds is 1. The molecule has 0 saturated carbocycles. The van der Waals surface area contributed by atoms with Crippen LogP contribution in [0.2, 0.25) is 0 Å². The van der Waals surface area contributed by atoms with Gasteiger partial charge in [0.15, 0.2) is 0 Å². The smallest absolute Gasteiger partial charge is 0.228 e. The molecule has 1 fully saturated rings. The highest BCUT2D eigenvalue weighted by Gasteiger charge is 2.35. The molecule has 1 aromatic rings. The SMILES string of the molecule is CC1C(N)CC(=O)N1c1cccc(Br)c1. The number of hydrogen-bond donors (Lipinski definition) is 1. The Bertz CT molecular complexity index is 394. The third-order valence-electron chi connectivity index (χ3n) is 2.79. The van der Waals surface area contributed by atoms with E-state index in [0.717, 1.165) is 10.2 Å². The summed E-state index contributed by atoms with van der Waals surface area (Å²) in [5.41, 5.74) is 6.77. The second-order valence-corrected chi connectivity index (χ2v) is 4.77. The van der Waals surface area contributed by atoms with Gasteiger partial charge in [-0.1, -0.05) is 22.0 Å². The Morgan fingerprint density at radius 1 is 1.53 bits per heavy atom. The topological polar surface area (TPSA) is 46.3 Å². The number of halogens is 1. The average Bonchev–Trinajstić information content (AvgIpc) is 2.41. The van der Waals surface area contributed by atoms with Crippen molar-refractivity contribution in [3.05, 3.63) is 28.7 Å². The summed E-state index contributed by atoms with van der Waals surface area (Å²) in [5.74, 6) is 0.105. The Hall–Kier alpha value is -0.870. The van der Waals surface area contributed by atoms with E-state index < -0.39 is 0 Å². The fraction of sp³-hybridized carbons (Fsp3) is 0.364. The number of nitrogens with two attached hydrogens (primary N) is 1. The summed E-state index contributed by atoms with van der Waals surface area (Å²) in [6.45, 7) is 1.98. The van der Waals surface area contributed by atoms with Crippen LogP contribution in [-0.2, 0) is 4.79 Å². The molecule has 1 aliphatic rings. The molecule has 1 aromatic carbocycles. The van der Waals surface area contributed by atoms with E-state index in [9.17, 15) is 4.79 Å². The van der Waals surface area contributed by atoms with Crippen LogP contribution in [0, 0.1) is 0 Å². The van der Waals surface area contributed by atoms with Crippen molar-refractivity contribution in [1.82, 2.24) is 0 Å². The van der Waals surface area contributed by atoms with Crippen molar-refractivity contribution in [3.8, 4) is 0 Å². The monoisotopic (exact) mass is 268 g/mol. The molecule has 0 aromatic heterocycles. The van der Waals surface area contributed by atoms with Crippen LogP contribution >= 0.6 is 15.9 Å². The zero-order valence-corrected chi connectivity index (χ0v) is 10.1. The second kappa shape index (κ2) is 3.94. The van der Waals surface area contributed by atoms with Gasteiger partial charge in [-0.25, -0.2) is 0 Å². The van der Waals surface area contributed by atoms with Crippen molar-refractivity contribution in [2.24, 2.45) is 5.73 Å². The van der Waals surface area contributed by atoms with Gasteiger partial charge >= 0.3 is 0 Å². The van der Waals surface area contributed by atoms with E-state index in [-0.39, 0.29) is 18.0 Å². The van der Waals surface area contributed by atoms with Crippen molar-refractivity contribution in [1.29, 1.82) is 0 Å². The highest BCUT2D eigenvalue weighted by molar-refractivity contribution is 9.10. The van der Waals surface area contributed by atoms with E-state index >= 15 is 0 Å². The van der Waals surface area contributed by atoms with Crippen LogP contribution in [0.4, 0.5) is 5.69 Å². The maximum absolute atomic E-state index is 11.7. The fourth-order valence-electron chi connectivity index (χ4n) is 1.89. The molecule has 2 atom stereocenters. The Morgan fingerprint density at radius 2 is 2.27 bits per heavy atom. The summed E-state index contributed by atoms with van der Waals surface area (Å²) in [5, 5.41) is 0. The van der Waals surface area contributed by atoms with Crippen LogP contribution in [0.3, 0.4) is 0 Å². The van der Waals surface area contributed by atoms with Crippen LogP contribution < -0.4 is 10.6 Å². The van der Waals surface area contributed by atoms with E-state index in [1.165, 1.54) is 0 Å². The lowest BCUT2D eigenvalue weighted by atomic mass is 10.1. The van der Waals surface area contributed by atoms with Crippen molar-refractivity contribution >= 4 is 27.5 Å².